The molecule has 0 nitrogen and oxygen atoms in total. The van der Waals surface area contributed by atoms with Gasteiger partial charge in [0.15, 0.2) is 0 Å². The molecule has 2 saturated carbocycles. The quantitative estimate of drug-likeness (QED) is 0.544. The second kappa shape index (κ2) is 5.56. The smallest absolute Gasteiger partial charge is 0.0297 e. The molecule has 2 fully saturated rings. The van der Waals surface area contributed by atoms with Crippen LogP contribution in [0.4, 0.5) is 0 Å². The van der Waals surface area contributed by atoms with Crippen LogP contribution in [0.15, 0.2) is 0 Å². The highest BCUT2D eigenvalue weighted by atomic mass is 14.4. The van der Waals surface area contributed by atoms with Crippen molar-refractivity contribution in [2.45, 2.75) is 84.5 Å². The Kier molecular flexibility index (Phi) is 4.33. The van der Waals surface area contributed by atoms with Gasteiger partial charge in [-0.15, -0.1) is 0 Å². The van der Waals surface area contributed by atoms with Gasteiger partial charge in [-0.25, -0.2) is 0 Å². The van der Waals surface area contributed by atoms with E-state index >= 15 is 0 Å². The van der Waals surface area contributed by atoms with Crippen LogP contribution in [-0.4, -0.2) is 0 Å². The van der Waals surface area contributed by atoms with Crippen molar-refractivity contribution in [1.29, 1.82) is 0 Å². The van der Waals surface area contributed by atoms with E-state index in [-0.39, 0.29) is 0 Å². The van der Waals surface area contributed by atoms with Crippen LogP contribution in [0.25, 0.3) is 0 Å². The largest absolute Gasteiger partial charge is 0.0625 e. The summed E-state index contributed by atoms with van der Waals surface area (Å²) in [7, 11) is 0. The Morgan fingerprint density at radius 2 is 1.38 bits per heavy atom. The lowest BCUT2D eigenvalue weighted by atomic mass is 9.74. The summed E-state index contributed by atoms with van der Waals surface area (Å²) in [6.07, 6.45) is 16.8. The molecule has 0 aromatic heterocycles. The first-order valence-corrected chi connectivity index (χ1v) is 7.72. The van der Waals surface area contributed by atoms with Crippen molar-refractivity contribution in [1.82, 2.24) is 0 Å². The lowest BCUT2D eigenvalue weighted by Crippen LogP contribution is -2.19. The highest BCUT2D eigenvalue weighted by Crippen LogP contribution is 2.47. The van der Waals surface area contributed by atoms with Gasteiger partial charge in [0.1, 0.15) is 0 Å². The third-order valence-electron chi connectivity index (χ3n) is 5.43. The molecule has 0 N–H and O–H groups in total. The molecular formula is C16H30. The number of hydrogen-bond acceptors (Lipinski definition) is 0. The van der Waals surface area contributed by atoms with Crippen LogP contribution in [-0.2, 0) is 0 Å². The molecule has 1 spiro atoms. The average molecular weight is 222 g/mol. The van der Waals surface area contributed by atoms with E-state index in [1.807, 2.05) is 0 Å². The SMILES string of the molecule is CC(C)C1CCCC2(CCCCCC2)CC1. The average Bonchev–Trinajstić information content (AvgIpc) is 2.60. The van der Waals surface area contributed by atoms with E-state index < -0.39 is 0 Å². The van der Waals surface area contributed by atoms with E-state index in [4.69, 9.17) is 0 Å². The molecule has 0 aromatic carbocycles. The van der Waals surface area contributed by atoms with Crippen LogP contribution in [0.2, 0.25) is 0 Å². The van der Waals surface area contributed by atoms with Crippen molar-refractivity contribution in [3.63, 3.8) is 0 Å². The van der Waals surface area contributed by atoms with Gasteiger partial charge in [0.2, 0.25) is 0 Å². The fraction of sp³-hybridized carbons (Fsp3) is 1.00. The van der Waals surface area contributed by atoms with Crippen molar-refractivity contribution in [3.05, 3.63) is 0 Å². The van der Waals surface area contributed by atoms with Gasteiger partial charge in [-0.2, -0.15) is 0 Å². The van der Waals surface area contributed by atoms with Gasteiger partial charge in [-0.05, 0) is 49.4 Å². The molecule has 1 unspecified atom stereocenters. The van der Waals surface area contributed by atoms with Crippen molar-refractivity contribution in [3.8, 4) is 0 Å². The first kappa shape index (κ1) is 12.5. The maximum atomic E-state index is 2.43. The maximum absolute atomic E-state index is 2.43. The molecule has 0 heteroatoms. The van der Waals surface area contributed by atoms with Crippen LogP contribution in [0.1, 0.15) is 84.5 Å². The Hall–Kier alpha value is 0. The lowest BCUT2D eigenvalue weighted by molar-refractivity contribution is 0.200. The minimum absolute atomic E-state index is 0.792. The Labute approximate surface area is 102 Å². The van der Waals surface area contributed by atoms with E-state index in [0.717, 1.165) is 17.3 Å². The molecule has 0 aliphatic heterocycles. The van der Waals surface area contributed by atoms with Gasteiger partial charge in [0.25, 0.3) is 0 Å². The predicted octanol–water partition coefficient (Wildman–Crippen LogP) is 5.56. The zero-order valence-corrected chi connectivity index (χ0v) is 11.4. The summed E-state index contributed by atoms with van der Waals surface area (Å²) in [5, 5.41) is 0. The van der Waals surface area contributed by atoms with Crippen LogP contribution in [0.3, 0.4) is 0 Å². The molecule has 94 valence electrons. The summed E-state index contributed by atoms with van der Waals surface area (Å²) in [6, 6.07) is 0. The van der Waals surface area contributed by atoms with Gasteiger partial charge < -0.3 is 0 Å². The lowest BCUT2D eigenvalue weighted by Gasteiger charge is -2.32. The van der Waals surface area contributed by atoms with Crippen LogP contribution >= 0.6 is 0 Å². The Bertz CT molecular complexity index is 196. The molecule has 2 aliphatic carbocycles. The third kappa shape index (κ3) is 3.02. The second-order valence-corrected chi connectivity index (χ2v) is 6.85. The monoisotopic (exact) mass is 222 g/mol. The normalized spacial score (nSPS) is 31.3. The van der Waals surface area contributed by atoms with Gasteiger partial charge in [-0.3, -0.25) is 0 Å². The molecule has 2 rings (SSSR count). The topological polar surface area (TPSA) is 0 Å². The van der Waals surface area contributed by atoms with E-state index in [9.17, 15) is 0 Å². The van der Waals surface area contributed by atoms with Crippen LogP contribution in [0, 0.1) is 17.3 Å². The molecule has 0 saturated heterocycles. The third-order valence-corrected chi connectivity index (χ3v) is 5.43. The molecule has 16 heavy (non-hydrogen) atoms. The highest BCUT2D eigenvalue weighted by molar-refractivity contribution is 4.85. The molecule has 2 aliphatic rings. The molecule has 0 radical (unpaired) electrons. The Morgan fingerprint density at radius 3 is 2.00 bits per heavy atom. The molecule has 0 bridgehead atoms. The minimum atomic E-state index is 0.792. The summed E-state index contributed by atoms with van der Waals surface area (Å²) in [5.74, 6) is 1.95. The fourth-order valence-corrected chi connectivity index (χ4v) is 4.15. The van der Waals surface area contributed by atoms with Crippen molar-refractivity contribution < 1.29 is 0 Å². The van der Waals surface area contributed by atoms with E-state index in [1.165, 1.54) is 44.9 Å². The minimum Gasteiger partial charge on any atom is -0.0625 e. The summed E-state index contributed by atoms with van der Waals surface area (Å²) >= 11 is 0. The van der Waals surface area contributed by atoms with Crippen LogP contribution < -0.4 is 0 Å². The van der Waals surface area contributed by atoms with Crippen molar-refractivity contribution in [2.24, 2.45) is 17.3 Å². The summed E-state index contributed by atoms with van der Waals surface area (Å²) in [4.78, 5) is 0. The highest BCUT2D eigenvalue weighted by Gasteiger charge is 2.33. The van der Waals surface area contributed by atoms with E-state index in [0.29, 0.717) is 0 Å². The van der Waals surface area contributed by atoms with Crippen molar-refractivity contribution in [2.75, 3.05) is 0 Å². The molecule has 0 aromatic rings. The van der Waals surface area contributed by atoms with Gasteiger partial charge in [0, 0.05) is 0 Å². The van der Waals surface area contributed by atoms with Gasteiger partial charge >= 0.3 is 0 Å². The maximum Gasteiger partial charge on any atom is -0.0297 e. The molecule has 1 atom stereocenters. The summed E-state index contributed by atoms with van der Waals surface area (Å²) < 4.78 is 0. The number of rotatable bonds is 1. The zero-order chi connectivity index (χ0) is 11.4. The van der Waals surface area contributed by atoms with E-state index in [1.54, 1.807) is 25.7 Å². The van der Waals surface area contributed by atoms with Gasteiger partial charge in [0.05, 0.1) is 0 Å². The molecule has 0 amide bonds. The summed E-state index contributed by atoms with van der Waals surface area (Å²) in [5.41, 5.74) is 0.792. The van der Waals surface area contributed by atoms with Gasteiger partial charge in [-0.1, -0.05) is 52.4 Å². The standard InChI is InChI=1S/C16H30/c1-14(2)15-8-7-12-16(13-9-15)10-5-3-4-6-11-16/h14-15H,3-13H2,1-2H3. The zero-order valence-electron chi connectivity index (χ0n) is 11.4. The Balaban J connectivity index is 1.95. The predicted molar refractivity (Wildman–Crippen MR) is 71.5 cm³/mol. The summed E-state index contributed by atoms with van der Waals surface area (Å²) in [6.45, 7) is 4.85. The first-order valence-electron chi connectivity index (χ1n) is 7.72. The number of hydrogen-bond donors (Lipinski definition) is 0. The second-order valence-electron chi connectivity index (χ2n) is 6.85. The fourth-order valence-electron chi connectivity index (χ4n) is 4.15. The molecule has 0 heterocycles. The molecular weight excluding hydrogens is 192 g/mol. The first-order chi connectivity index (χ1) is 7.72. The van der Waals surface area contributed by atoms with Crippen molar-refractivity contribution >= 4 is 0 Å². The van der Waals surface area contributed by atoms with Crippen LogP contribution in [0.5, 0.6) is 0 Å². The Morgan fingerprint density at radius 1 is 0.750 bits per heavy atom. The van der Waals surface area contributed by atoms with E-state index in [2.05, 4.69) is 13.8 Å².